The number of aliphatic hydroxyl groups is 1. The van der Waals surface area contributed by atoms with Gasteiger partial charge in [-0.1, -0.05) is 0 Å². The largest absolute Gasteiger partial charge is 0.493 e. The smallest absolute Gasteiger partial charge is 0.335 e. The Labute approximate surface area is 111 Å². The molecule has 1 aromatic carbocycles. The van der Waals surface area contributed by atoms with Crippen molar-refractivity contribution in [2.45, 2.75) is 37.9 Å². The van der Waals surface area contributed by atoms with Crippen molar-refractivity contribution in [3.63, 3.8) is 0 Å². The van der Waals surface area contributed by atoms with Crippen molar-refractivity contribution in [1.29, 1.82) is 0 Å². The maximum absolute atomic E-state index is 11.0. The van der Waals surface area contributed by atoms with E-state index >= 15 is 0 Å². The summed E-state index contributed by atoms with van der Waals surface area (Å²) in [6.07, 6.45) is 1.97. The highest BCUT2D eigenvalue weighted by molar-refractivity contribution is 5.88. The molecule has 1 aromatic rings. The number of rotatable bonds is 4. The zero-order valence-electron chi connectivity index (χ0n) is 11.0. The van der Waals surface area contributed by atoms with Crippen molar-refractivity contribution in [2.24, 2.45) is 0 Å². The second-order valence-electron chi connectivity index (χ2n) is 5.03. The Morgan fingerprint density at radius 3 is 2.68 bits per heavy atom. The van der Waals surface area contributed by atoms with Crippen LogP contribution in [0.3, 0.4) is 0 Å². The van der Waals surface area contributed by atoms with Crippen molar-refractivity contribution in [3.05, 3.63) is 23.8 Å². The van der Waals surface area contributed by atoms with E-state index in [0.717, 1.165) is 12.8 Å². The molecule has 0 heterocycles. The van der Waals surface area contributed by atoms with Gasteiger partial charge in [0.2, 0.25) is 0 Å². The number of ether oxygens (including phenoxy) is 2. The zero-order valence-corrected chi connectivity index (χ0v) is 11.0. The van der Waals surface area contributed by atoms with Crippen molar-refractivity contribution < 1.29 is 24.5 Å². The zero-order chi connectivity index (χ0) is 14.0. The number of benzene rings is 1. The molecular formula is C14H18O5. The summed E-state index contributed by atoms with van der Waals surface area (Å²) in [7, 11) is 1.50. The highest BCUT2D eigenvalue weighted by atomic mass is 16.5. The Morgan fingerprint density at radius 1 is 1.42 bits per heavy atom. The number of aromatic carboxylic acids is 1. The van der Waals surface area contributed by atoms with Gasteiger partial charge in [-0.15, -0.1) is 0 Å². The predicted molar refractivity (Wildman–Crippen MR) is 68.8 cm³/mol. The molecule has 0 spiro atoms. The quantitative estimate of drug-likeness (QED) is 0.872. The molecule has 0 radical (unpaired) electrons. The lowest BCUT2D eigenvalue weighted by Crippen LogP contribution is -2.38. The summed E-state index contributed by atoms with van der Waals surface area (Å²) in [5, 5.41) is 19.2. The minimum Gasteiger partial charge on any atom is -0.493 e. The van der Waals surface area contributed by atoms with Gasteiger partial charge < -0.3 is 19.7 Å². The number of carboxylic acid groups (broad SMARTS) is 1. The van der Waals surface area contributed by atoms with Crippen LogP contribution < -0.4 is 9.47 Å². The Hall–Kier alpha value is -1.75. The van der Waals surface area contributed by atoms with Crippen LogP contribution >= 0.6 is 0 Å². The number of methoxy groups -OCH3 is 1. The van der Waals surface area contributed by atoms with Gasteiger partial charge in [0.1, 0.15) is 6.10 Å². The van der Waals surface area contributed by atoms with Gasteiger partial charge in [0.05, 0.1) is 18.3 Å². The van der Waals surface area contributed by atoms with E-state index in [1.165, 1.54) is 19.2 Å². The highest BCUT2D eigenvalue weighted by Gasteiger charge is 2.39. The Morgan fingerprint density at radius 2 is 2.16 bits per heavy atom. The van der Waals surface area contributed by atoms with E-state index in [1.54, 1.807) is 13.0 Å². The van der Waals surface area contributed by atoms with Gasteiger partial charge in [-0.3, -0.25) is 0 Å². The number of carboxylic acids is 1. The first-order chi connectivity index (χ1) is 8.94. The lowest BCUT2D eigenvalue weighted by Gasteiger charge is -2.27. The summed E-state index contributed by atoms with van der Waals surface area (Å²) in [5.41, 5.74) is -0.752. The summed E-state index contributed by atoms with van der Waals surface area (Å²) < 4.78 is 10.9. The van der Waals surface area contributed by atoms with Crippen LogP contribution in [-0.4, -0.2) is 35.0 Å². The molecule has 0 amide bonds. The molecule has 0 bridgehead atoms. The Kier molecular flexibility index (Phi) is 3.66. The van der Waals surface area contributed by atoms with Crippen LogP contribution in [0.5, 0.6) is 11.5 Å². The first kappa shape index (κ1) is 13.7. The molecule has 2 rings (SSSR count). The Balaban J connectivity index is 2.27. The maximum atomic E-state index is 11.0. The van der Waals surface area contributed by atoms with Crippen molar-refractivity contribution >= 4 is 5.97 Å². The van der Waals surface area contributed by atoms with Gasteiger partial charge in [-0.05, 0) is 44.4 Å². The minimum absolute atomic E-state index is 0.133. The van der Waals surface area contributed by atoms with Crippen LogP contribution in [0.25, 0.3) is 0 Å². The van der Waals surface area contributed by atoms with E-state index in [9.17, 15) is 9.90 Å². The van der Waals surface area contributed by atoms with Gasteiger partial charge in [-0.25, -0.2) is 4.79 Å². The molecule has 0 aromatic heterocycles. The van der Waals surface area contributed by atoms with Crippen LogP contribution in [-0.2, 0) is 0 Å². The molecule has 5 heteroatoms. The fourth-order valence-corrected chi connectivity index (χ4v) is 2.36. The fourth-order valence-electron chi connectivity index (χ4n) is 2.36. The fraction of sp³-hybridized carbons (Fsp3) is 0.500. The third-order valence-electron chi connectivity index (χ3n) is 3.52. The molecule has 1 fully saturated rings. The van der Waals surface area contributed by atoms with Crippen molar-refractivity contribution in [3.8, 4) is 11.5 Å². The van der Waals surface area contributed by atoms with Gasteiger partial charge in [-0.2, -0.15) is 0 Å². The minimum atomic E-state index is -1.02. The highest BCUT2D eigenvalue weighted by Crippen LogP contribution is 2.36. The van der Waals surface area contributed by atoms with Crippen LogP contribution in [0.4, 0.5) is 0 Å². The molecule has 1 saturated carbocycles. The molecule has 0 aliphatic heterocycles. The predicted octanol–water partition coefficient (Wildman–Crippen LogP) is 2.08. The third-order valence-corrected chi connectivity index (χ3v) is 3.52. The van der Waals surface area contributed by atoms with E-state index in [0.29, 0.717) is 17.9 Å². The summed E-state index contributed by atoms with van der Waals surface area (Å²) in [6, 6.07) is 4.44. The average molecular weight is 266 g/mol. The third kappa shape index (κ3) is 2.81. The van der Waals surface area contributed by atoms with Gasteiger partial charge in [0, 0.05) is 0 Å². The summed E-state index contributed by atoms with van der Waals surface area (Å²) in [4.78, 5) is 11.0. The Bertz CT molecular complexity index is 481. The second kappa shape index (κ2) is 5.09. The number of hydrogen-bond acceptors (Lipinski definition) is 4. The van der Waals surface area contributed by atoms with Crippen LogP contribution in [0, 0.1) is 0 Å². The van der Waals surface area contributed by atoms with E-state index in [1.807, 2.05) is 0 Å². The van der Waals surface area contributed by atoms with Gasteiger partial charge in [0.15, 0.2) is 11.5 Å². The summed E-state index contributed by atoms with van der Waals surface area (Å²) in [6.45, 7) is 1.73. The molecule has 1 aliphatic rings. The number of carbonyl (C=O) groups is 1. The first-order valence-electron chi connectivity index (χ1n) is 6.24. The van der Waals surface area contributed by atoms with Crippen molar-refractivity contribution in [2.75, 3.05) is 7.11 Å². The second-order valence-corrected chi connectivity index (χ2v) is 5.03. The normalized spacial score (nSPS) is 26.2. The molecule has 2 unspecified atom stereocenters. The molecule has 5 nitrogen and oxygen atoms in total. The first-order valence-corrected chi connectivity index (χ1v) is 6.24. The molecule has 1 aliphatic carbocycles. The average Bonchev–Trinajstić information content (AvgIpc) is 2.68. The monoisotopic (exact) mass is 266 g/mol. The lowest BCUT2D eigenvalue weighted by molar-refractivity contribution is -0.0260. The van der Waals surface area contributed by atoms with Crippen molar-refractivity contribution in [1.82, 2.24) is 0 Å². The lowest BCUT2D eigenvalue weighted by atomic mass is 10.0. The molecule has 0 saturated heterocycles. The van der Waals surface area contributed by atoms with Crippen LogP contribution in [0.15, 0.2) is 18.2 Å². The molecule has 19 heavy (non-hydrogen) atoms. The van der Waals surface area contributed by atoms with E-state index in [4.69, 9.17) is 14.6 Å². The summed E-state index contributed by atoms with van der Waals surface area (Å²) in [5.74, 6) is -0.201. The standard InChI is InChI=1S/C14H18O5/c1-14(17)7-3-4-12(14)19-11-8-9(13(15)16)5-6-10(11)18-2/h5-6,8,12,17H,3-4,7H2,1-2H3,(H,15,16). The molecule has 2 atom stereocenters. The van der Waals surface area contributed by atoms with Gasteiger partial charge in [0.25, 0.3) is 0 Å². The van der Waals surface area contributed by atoms with E-state index < -0.39 is 11.6 Å². The number of hydrogen-bond donors (Lipinski definition) is 2. The molecular weight excluding hydrogens is 248 g/mol. The van der Waals surface area contributed by atoms with Gasteiger partial charge >= 0.3 is 5.97 Å². The SMILES string of the molecule is COc1ccc(C(=O)O)cc1OC1CCCC1(C)O. The van der Waals surface area contributed by atoms with Crippen LogP contribution in [0.1, 0.15) is 36.5 Å². The molecule has 2 N–H and O–H groups in total. The topological polar surface area (TPSA) is 76.0 Å². The van der Waals surface area contributed by atoms with Crippen LogP contribution in [0.2, 0.25) is 0 Å². The van der Waals surface area contributed by atoms with E-state index in [-0.39, 0.29) is 11.7 Å². The maximum Gasteiger partial charge on any atom is 0.335 e. The van der Waals surface area contributed by atoms with E-state index in [2.05, 4.69) is 0 Å². The summed E-state index contributed by atoms with van der Waals surface area (Å²) >= 11 is 0. The molecule has 104 valence electrons.